The molecule has 2 N–H and O–H groups in total. The molecule has 1 aliphatic heterocycles. The standard InChI is InChI=1S/C20H27NO5S/c1-15-13-20(26,11-6-9-17-7-4-3-5-8-17)14-21(15,19(24)25)18(23)10-12-27-16(2)22/h3-5,7-8,15,26H,6,9-14H2,1-2H3/p+1/t15-,20?,21?/m1/s1. The van der Waals surface area contributed by atoms with E-state index in [0.29, 0.717) is 6.42 Å². The number of quaternary nitrogens is 1. The van der Waals surface area contributed by atoms with Crippen LogP contribution < -0.4 is 0 Å². The molecule has 6 nitrogen and oxygen atoms in total. The van der Waals surface area contributed by atoms with E-state index in [-0.39, 0.29) is 30.3 Å². The number of carbonyl (C=O) groups excluding carboxylic acids is 2. The number of likely N-dealkylation sites (tertiary alicyclic amines) is 1. The average molecular weight is 395 g/mol. The highest BCUT2D eigenvalue weighted by Gasteiger charge is 2.61. The van der Waals surface area contributed by atoms with Crippen LogP contribution in [0.15, 0.2) is 30.3 Å². The Labute approximate surface area is 164 Å². The van der Waals surface area contributed by atoms with Crippen molar-refractivity contribution >= 4 is 28.9 Å². The van der Waals surface area contributed by atoms with Crippen LogP contribution in [0, 0.1) is 0 Å². The molecule has 3 atom stereocenters. The van der Waals surface area contributed by atoms with Gasteiger partial charge in [-0.1, -0.05) is 42.1 Å². The van der Waals surface area contributed by atoms with E-state index in [1.165, 1.54) is 12.5 Å². The van der Waals surface area contributed by atoms with Crippen LogP contribution in [0.3, 0.4) is 0 Å². The van der Waals surface area contributed by atoms with Crippen LogP contribution in [0.25, 0.3) is 0 Å². The maximum absolute atomic E-state index is 12.7. The Bertz CT molecular complexity index is 695. The van der Waals surface area contributed by atoms with Crippen LogP contribution in [0.1, 0.15) is 45.1 Å². The summed E-state index contributed by atoms with van der Waals surface area (Å²) < 4.78 is -0.750. The molecule has 1 aliphatic rings. The van der Waals surface area contributed by atoms with E-state index >= 15 is 0 Å². The van der Waals surface area contributed by atoms with Crippen LogP contribution >= 0.6 is 11.8 Å². The second-order valence-electron chi connectivity index (χ2n) is 7.41. The normalized spacial score (nSPS) is 27.4. The van der Waals surface area contributed by atoms with Crippen molar-refractivity contribution in [2.45, 2.75) is 57.6 Å². The molecule has 0 bridgehead atoms. The molecule has 148 valence electrons. The first kappa shape index (κ1) is 21.6. The van der Waals surface area contributed by atoms with Crippen LogP contribution in [-0.4, -0.2) is 55.8 Å². The summed E-state index contributed by atoms with van der Waals surface area (Å²) in [6.07, 6.45) is 1.03. The first-order chi connectivity index (χ1) is 12.7. The van der Waals surface area contributed by atoms with Gasteiger partial charge in [0.2, 0.25) is 0 Å². The van der Waals surface area contributed by atoms with E-state index in [4.69, 9.17) is 0 Å². The number of carbonyl (C=O) groups is 3. The fraction of sp³-hybridized carbons (Fsp3) is 0.550. The fourth-order valence-electron chi connectivity index (χ4n) is 4.02. The van der Waals surface area contributed by atoms with Gasteiger partial charge in [-0.25, -0.2) is 4.79 Å². The van der Waals surface area contributed by atoms with E-state index in [2.05, 4.69) is 0 Å². The van der Waals surface area contributed by atoms with Gasteiger partial charge >= 0.3 is 12.0 Å². The molecular weight excluding hydrogens is 366 g/mol. The number of imide groups is 1. The zero-order chi connectivity index (χ0) is 20.1. The molecule has 2 unspecified atom stereocenters. The second-order valence-corrected chi connectivity index (χ2v) is 8.68. The van der Waals surface area contributed by atoms with E-state index in [0.717, 1.165) is 24.6 Å². The molecule has 2 rings (SSSR count). The van der Waals surface area contributed by atoms with Crippen molar-refractivity contribution in [2.24, 2.45) is 0 Å². The number of benzene rings is 1. The quantitative estimate of drug-likeness (QED) is 0.690. The van der Waals surface area contributed by atoms with Gasteiger partial charge in [-0.2, -0.15) is 9.28 Å². The summed E-state index contributed by atoms with van der Waals surface area (Å²) in [7, 11) is 0. The first-order valence-electron chi connectivity index (χ1n) is 9.24. The number of thioether (sulfide) groups is 1. The zero-order valence-corrected chi connectivity index (χ0v) is 16.7. The van der Waals surface area contributed by atoms with Crippen molar-refractivity contribution in [3.63, 3.8) is 0 Å². The summed E-state index contributed by atoms with van der Waals surface area (Å²) in [5.74, 6) is -0.177. The van der Waals surface area contributed by atoms with Gasteiger partial charge in [0, 0.05) is 19.1 Å². The molecule has 27 heavy (non-hydrogen) atoms. The molecule has 1 fully saturated rings. The van der Waals surface area contributed by atoms with Crippen molar-refractivity contribution in [3.8, 4) is 0 Å². The minimum atomic E-state index is -1.22. The highest BCUT2D eigenvalue weighted by molar-refractivity contribution is 8.13. The monoisotopic (exact) mass is 394 g/mol. The number of hydrogen-bond acceptors (Lipinski definition) is 5. The number of nitrogens with zero attached hydrogens (tertiary/aromatic N) is 1. The second kappa shape index (κ2) is 8.99. The lowest BCUT2D eigenvalue weighted by Crippen LogP contribution is -2.60. The molecule has 1 aromatic rings. The van der Waals surface area contributed by atoms with E-state index in [1.54, 1.807) is 6.92 Å². The van der Waals surface area contributed by atoms with E-state index < -0.39 is 28.1 Å². The molecule has 0 spiro atoms. The molecule has 0 radical (unpaired) electrons. The lowest BCUT2D eigenvalue weighted by atomic mass is 9.93. The molecule has 7 heteroatoms. The van der Waals surface area contributed by atoms with Crippen molar-refractivity contribution < 1.29 is 29.1 Å². The Morgan fingerprint density at radius 1 is 1.26 bits per heavy atom. The molecule has 0 aliphatic carbocycles. The average Bonchev–Trinajstić information content (AvgIpc) is 2.87. The number of amides is 2. The molecule has 1 aromatic carbocycles. The third-order valence-electron chi connectivity index (χ3n) is 5.33. The first-order valence-corrected chi connectivity index (χ1v) is 10.2. The van der Waals surface area contributed by atoms with Crippen molar-refractivity contribution in [1.82, 2.24) is 0 Å². The topological polar surface area (TPSA) is 91.7 Å². The molecule has 1 saturated heterocycles. The number of aryl methyl sites for hydroxylation is 1. The maximum Gasteiger partial charge on any atom is 0.521 e. The van der Waals surface area contributed by atoms with Gasteiger partial charge in [0.1, 0.15) is 18.2 Å². The molecule has 1 heterocycles. The molecular formula is C20H28NO5S+. The van der Waals surface area contributed by atoms with Crippen molar-refractivity contribution in [1.29, 1.82) is 0 Å². The zero-order valence-electron chi connectivity index (χ0n) is 15.9. The summed E-state index contributed by atoms with van der Waals surface area (Å²) >= 11 is 1.02. The van der Waals surface area contributed by atoms with Gasteiger partial charge in [0.25, 0.3) is 0 Å². The number of hydrogen-bond donors (Lipinski definition) is 2. The largest absolute Gasteiger partial charge is 0.521 e. The SMILES string of the molecule is CC(=O)SCCC(=O)[N+]1(C(=O)O)CC(O)(CCCc2ccccc2)C[C@H]1C. The lowest BCUT2D eigenvalue weighted by Gasteiger charge is -2.30. The smallest absolute Gasteiger partial charge is 0.435 e. The highest BCUT2D eigenvalue weighted by atomic mass is 32.2. The Morgan fingerprint density at radius 3 is 2.52 bits per heavy atom. The number of rotatable bonds is 7. The Balaban J connectivity index is 2.03. The predicted octanol–water partition coefficient (Wildman–Crippen LogP) is 3.22. The van der Waals surface area contributed by atoms with Crippen LogP contribution in [-0.2, 0) is 16.0 Å². The van der Waals surface area contributed by atoms with Gasteiger partial charge in [-0.15, -0.1) is 0 Å². The van der Waals surface area contributed by atoms with E-state index in [9.17, 15) is 24.6 Å². The van der Waals surface area contributed by atoms with Crippen molar-refractivity contribution in [3.05, 3.63) is 35.9 Å². The number of carboxylic acid groups (broad SMARTS) is 1. The maximum atomic E-state index is 12.7. The van der Waals surface area contributed by atoms with Crippen LogP contribution in [0.5, 0.6) is 0 Å². The minimum absolute atomic E-state index is 0.000974. The fourth-order valence-corrected chi connectivity index (χ4v) is 4.58. The Morgan fingerprint density at radius 2 is 1.93 bits per heavy atom. The van der Waals surface area contributed by atoms with Gasteiger partial charge in [-0.05, 0) is 31.7 Å². The number of aliphatic hydroxyl groups is 1. The highest BCUT2D eigenvalue weighted by Crippen LogP contribution is 2.38. The third-order valence-corrected chi connectivity index (χ3v) is 6.14. The summed E-state index contributed by atoms with van der Waals surface area (Å²) in [5.41, 5.74) is -0.000792. The molecule has 0 saturated carbocycles. The van der Waals surface area contributed by atoms with E-state index in [1.807, 2.05) is 30.3 Å². The minimum Gasteiger partial charge on any atom is -0.435 e. The summed E-state index contributed by atoms with van der Waals surface area (Å²) in [6.45, 7) is 3.02. The van der Waals surface area contributed by atoms with Crippen LogP contribution in [0.2, 0.25) is 0 Å². The van der Waals surface area contributed by atoms with Crippen LogP contribution in [0.4, 0.5) is 4.79 Å². The predicted molar refractivity (Wildman–Crippen MR) is 104 cm³/mol. The molecule has 0 aromatic heterocycles. The Kier molecular flexibility index (Phi) is 7.19. The van der Waals surface area contributed by atoms with Gasteiger partial charge in [0.15, 0.2) is 5.12 Å². The van der Waals surface area contributed by atoms with Gasteiger partial charge in [-0.3, -0.25) is 4.79 Å². The van der Waals surface area contributed by atoms with Gasteiger partial charge < -0.3 is 10.2 Å². The summed E-state index contributed by atoms with van der Waals surface area (Å²) in [5, 5.41) is 20.7. The summed E-state index contributed by atoms with van der Waals surface area (Å²) in [4.78, 5) is 35.8. The Hall–Kier alpha value is -1.70. The third kappa shape index (κ3) is 5.18. The summed E-state index contributed by atoms with van der Waals surface area (Å²) in [6, 6.07) is 9.42. The van der Waals surface area contributed by atoms with Crippen molar-refractivity contribution in [2.75, 3.05) is 12.3 Å². The lowest BCUT2D eigenvalue weighted by molar-refractivity contribution is -0.795. The van der Waals surface area contributed by atoms with Gasteiger partial charge in [0.05, 0.1) is 6.42 Å². The molecule has 2 amide bonds.